The molecular formula is C39H43N3O5S. The number of likely N-dealkylation sites (tertiary alicyclic amines) is 2. The summed E-state index contributed by atoms with van der Waals surface area (Å²) in [6.45, 7) is 3.68. The normalized spacial score (nSPS) is 19.3. The van der Waals surface area contributed by atoms with Crippen LogP contribution in [0, 0.1) is 18.8 Å². The lowest BCUT2D eigenvalue weighted by atomic mass is 9.79. The summed E-state index contributed by atoms with van der Waals surface area (Å²) in [4.78, 5) is 49.7. The maximum absolute atomic E-state index is 13.9. The molecule has 48 heavy (non-hydrogen) atoms. The van der Waals surface area contributed by atoms with E-state index in [0.29, 0.717) is 43.6 Å². The summed E-state index contributed by atoms with van der Waals surface area (Å²) in [5.74, 6) is -0.676. The zero-order valence-electron chi connectivity index (χ0n) is 27.6. The van der Waals surface area contributed by atoms with Crippen LogP contribution >= 0.6 is 11.3 Å². The average Bonchev–Trinajstić information content (AvgIpc) is 3.78. The minimum atomic E-state index is -1.00. The SMILES string of the molecule is COc1ccc(CN2CCC[C@@H]([C@@H](O)[C@@H](CC(=O)c3cccc(C(=O)N4CCC[C@@H]4c4nc(C)cs4)c3)Cc3ccccc3)C2=O)cc1. The number of piperidine rings is 1. The highest BCUT2D eigenvalue weighted by Crippen LogP contribution is 2.35. The van der Waals surface area contributed by atoms with Gasteiger partial charge in [0.25, 0.3) is 5.91 Å². The second kappa shape index (κ2) is 15.3. The summed E-state index contributed by atoms with van der Waals surface area (Å²) < 4.78 is 5.27. The fourth-order valence-corrected chi connectivity index (χ4v) is 8.04. The Balaban J connectivity index is 1.18. The number of benzene rings is 3. The molecule has 9 heteroatoms. The lowest BCUT2D eigenvalue weighted by Gasteiger charge is -2.37. The highest BCUT2D eigenvalue weighted by Gasteiger charge is 2.39. The summed E-state index contributed by atoms with van der Waals surface area (Å²) in [6.07, 6.45) is 2.63. The number of amides is 2. The minimum Gasteiger partial charge on any atom is -0.497 e. The first-order valence-corrected chi connectivity index (χ1v) is 17.7. The van der Waals surface area contributed by atoms with Crippen LogP contribution in [0.1, 0.15) is 80.7 Å². The van der Waals surface area contributed by atoms with Crippen molar-refractivity contribution >= 4 is 28.9 Å². The fraction of sp³-hybridized carbons (Fsp3) is 0.385. The highest BCUT2D eigenvalue weighted by molar-refractivity contribution is 7.09. The minimum absolute atomic E-state index is 0.0562. The van der Waals surface area contributed by atoms with Crippen LogP contribution in [-0.4, -0.2) is 63.8 Å². The number of rotatable bonds is 12. The van der Waals surface area contributed by atoms with E-state index in [1.165, 1.54) is 0 Å². The predicted molar refractivity (Wildman–Crippen MR) is 186 cm³/mol. The van der Waals surface area contributed by atoms with Gasteiger partial charge in [-0.05, 0) is 80.3 Å². The van der Waals surface area contributed by atoms with E-state index in [9.17, 15) is 19.5 Å². The molecule has 4 aromatic rings. The van der Waals surface area contributed by atoms with Crippen molar-refractivity contribution in [3.8, 4) is 5.75 Å². The molecule has 0 aliphatic carbocycles. The van der Waals surface area contributed by atoms with Gasteiger partial charge in [0.1, 0.15) is 10.8 Å². The average molecular weight is 666 g/mol. The zero-order chi connectivity index (χ0) is 33.6. The third-order valence-electron chi connectivity index (χ3n) is 9.66. The number of hydrogen-bond donors (Lipinski definition) is 1. The molecule has 0 unspecified atom stereocenters. The van der Waals surface area contributed by atoms with Gasteiger partial charge in [-0.2, -0.15) is 0 Å². The molecule has 250 valence electrons. The summed E-state index contributed by atoms with van der Waals surface area (Å²) in [7, 11) is 1.62. The Bertz CT molecular complexity index is 1720. The smallest absolute Gasteiger partial charge is 0.254 e. The molecule has 2 aliphatic heterocycles. The molecule has 0 spiro atoms. The largest absolute Gasteiger partial charge is 0.497 e. The van der Waals surface area contributed by atoms with Gasteiger partial charge in [-0.1, -0.05) is 54.6 Å². The van der Waals surface area contributed by atoms with Crippen molar-refractivity contribution in [3.05, 3.63) is 117 Å². The number of methoxy groups -OCH3 is 1. The number of aliphatic hydroxyl groups excluding tert-OH is 1. The number of carbonyl (C=O) groups is 3. The van der Waals surface area contributed by atoms with E-state index < -0.39 is 17.9 Å². The molecule has 2 fully saturated rings. The molecule has 8 nitrogen and oxygen atoms in total. The van der Waals surface area contributed by atoms with Crippen LogP contribution in [0.25, 0.3) is 0 Å². The summed E-state index contributed by atoms with van der Waals surface area (Å²) in [5, 5.41) is 14.8. The predicted octanol–water partition coefficient (Wildman–Crippen LogP) is 6.67. The zero-order valence-corrected chi connectivity index (χ0v) is 28.4. The van der Waals surface area contributed by atoms with E-state index in [1.807, 2.05) is 76.7 Å². The van der Waals surface area contributed by atoms with Crippen LogP contribution < -0.4 is 4.74 Å². The van der Waals surface area contributed by atoms with Crippen LogP contribution in [0.4, 0.5) is 0 Å². The van der Waals surface area contributed by atoms with Gasteiger partial charge in [0.2, 0.25) is 5.91 Å². The molecule has 6 rings (SSSR count). The Morgan fingerprint density at radius 1 is 0.958 bits per heavy atom. The van der Waals surface area contributed by atoms with E-state index in [2.05, 4.69) is 4.98 Å². The lowest BCUT2D eigenvalue weighted by Crippen LogP contribution is -2.47. The number of Topliss-reactive ketones (excluding diaryl/α,β-unsaturated/α-hetero) is 1. The molecule has 0 radical (unpaired) electrons. The Morgan fingerprint density at radius 3 is 2.44 bits per heavy atom. The topological polar surface area (TPSA) is 100 Å². The maximum atomic E-state index is 13.9. The first kappa shape index (κ1) is 33.6. The number of ether oxygens (including phenoxy) is 1. The van der Waals surface area contributed by atoms with Crippen LogP contribution in [-0.2, 0) is 17.8 Å². The standard InChI is InChI=1S/C39H43N3O5S/c1-26-25-48-37(40-26)34-14-8-20-42(34)38(45)30-12-6-11-29(22-30)35(43)23-31(21-27-9-4-3-5-10-27)36(44)33-13-7-19-41(39(33)46)24-28-15-17-32(47-2)18-16-28/h3-6,9-12,15-18,22,25,31,33-34,36,44H,7-8,13-14,19-21,23-24H2,1-2H3/t31-,33+,34-,36+/m1/s1. The van der Waals surface area contributed by atoms with Gasteiger partial charge in [-0.15, -0.1) is 11.3 Å². The molecule has 0 saturated carbocycles. The number of aryl methyl sites for hydroxylation is 1. The van der Waals surface area contributed by atoms with Gasteiger partial charge in [0.05, 0.1) is 25.2 Å². The fourth-order valence-electron chi connectivity index (χ4n) is 7.09. The quantitative estimate of drug-likeness (QED) is 0.170. The van der Waals surface area contributed by atoms with Crippen molar-refractivity contribution in [1.29, 1.82) is 0 Å². The number of hydrogen-bond acceptors (Lipinski definition) is 7. The number of ketones is 1. The number of carbonyl (C=O) groups excluding carboxylic acids is 3. The molecule has 1 aromatic heterocycles. The molecule has 2 aliphatic rings. The van der Waals surface area contributed by atoms with Crippen molar-refractivity contribution in [1.82, 2.24) is 14.8 Å². The molecule has 2 saturated heterocycles. The summed E-state index contributed by atoms with van der Waals surface area (Å²) in [5.41, 5.74) is 3.84. The van der Waals surface area contributed by atoms with E-state index in [-0.39, 0.29) is 30.1 Å². The van der Waals surface area contributed by atoms with Crippen LogP contribution in [0.15, 0.2) is 84.2 Å². The maximum Gasteiger partial charge on any atom is 0.254 e. The Labute approximate surface area is 286 Å². The molecule has 1 N–H and O–H groups in total. The Kier molecular flexibility index (Phi) is 10.7. The van der Waals surface area contributed by atoms with Gasteiger partial charge in [0.15, 0.2) is 5.78 Å². The van der Waals surface area contributed by atoms with E-state index >= 15 is 0 Å². The van der Waals surface area contributed by atoms with Crippen molar-refractivity contribution in [2.24, 2.45) is 11.8 Å². The Morgan fingerprint density at radius 2 is 1.71 bits per heavy atom. The third-order valence-corrected chi connectivity index (χ3v) is 10.7. The summed E-state index contributed by atoms with van der Waals surface area (Å²) in [6, 6.07) is 24.3. The van der Waals surface area contributed by atoms with Gasteiger partial charge in [-0.3, -0.25) is 14.4 Å². The highest BCUT2D eigenvalue weighted by atomic mass is 32.1. The van der Waals surface area contributed by atoms with Crippen molar-refractivity contribution in [3.63, 3.8) is 0 Å². The molecular weight excluding hydrogens is 623 g/mol. The van der Waals surface area contributed by atoms with Crippen molar-refractivity contribution in [2.45, 2.75) is 64.1 Å². The Hall–Kier alpha value is -4.34. The second-order valence-electron chi connectivity index (χ2n) is 13.0. The molecule has 0 bridgehead atoms. The number of aromatic nitrogens is 1. The van der Waals surface area contributed by atoms with Gasteiger partial charge < -0.3 is 19.6 Å². The van der Waals surface area contributed by atoms with Crippen LogP contribution in [0.2, 0.25) is 0 Å². The van der Waals surface area contributed by atoms with Crippen LogP contribution in [0.5, 0.6) is 5.75 Å². The third kappa shape index (κ3) is 7.69. The summed E-state index contributed by atoms with van der Waals surface area (Å²) >= 11 is 1.58. The van der Waals surface area contributed by atoms with E-state index in [4.69, 9.17) is 4.74 Å². The van der Waals surface area contributed by atoms with Gasteiger partial charge >= 0.3 is 0 Å². The molecule has 3 aromatic carbocycles. The van der Waals surface area contributed by atoms with Crippen molar-refractivity contribution < 1.29 is 24.2 Å². The second-order valence-corrected chi connectivity index (χ2v) is 13.9. The van der Waals surface area contributed by atoms with Crippen molar-refractivity contribution in [2.75, 3.05) is 20.2 Å². The molecule has 2 amide bonds. The lowest BCUT2D eigenvalue weighted by molar-refractivity contribution is -0.145. The monoisotopic (exact) mass is 665 g/mol. The molecule has 3 heterocycles. The number of nitrogens with zero attached hydrogens (tertiary/aromatic N) is 3. The first-order valence-electron chi connectivity index (χ1n) is 16.8. The first-order chi connectivity index (χ1) is 23.3. The van der Waals surface area contributed by atoms with E-state index in [1.54, 1.807) is 42.7 Å². The molecule has 4 atom stereocenters. The van der Waals surface area contributed by atoms with Crippen LogP contribution in [0.3, 0.4) is 0 Å². The number of aliphatic hydroxyl groups is 1. The van der Waals surface area contributed by atoms with Gasteiger partial charge in [-0.25, -0.2) is 4.98 Å². The number of thiazole rings is 1. The van der Waals surface area contributed by atoms with Gasteiger partial charge in [0, 0.05) is 48.3 Å². The van der Waals surface area contributed by atoms with E-state index in [0.717, 1.165) is 46.8 Å².